The van der Waals surface area contributed by atoms with Crippen LogP contribution in [-0.2, 0) is 6.42 Å². The van der Waals surface area contributed by atoms with Gasteiger partial charge >= 0.3 is 0 Å². The zero-order valence-corrected chi connectivity index (χ0v) is 15.0. The fraction of sp³-hybridized carbons (Fsp3) is 0.667. The van der Waals surface area contributed by atoms with E-state index in [4.69, 9.17) is 5.73 Å². The first kappa shape index (κ1) is 15.8. The van der Waals surface area contributed by atoms with E-state index in [1.807, 2.05) is 0 Å². The van der Waals surface area contributed by atoms with Crippen LogP contribution in [0.1, 0.15) is 50.5 Å². The number of nitrogens with zero attached hydrogens (tertiary/aromatic N) is 1. The first-order chi connectivity index (χ1) is 10.2. The van der Waals surface area contributed by atoms with Crippen LogP contribution >= 0.6 is 22.6 Å². The Morgan fingerprint density at radius 1 is 1.00 bits per heavy atom. The van der Waals surface area contributed by atoms with Crippen LogP contribution in [0.3, 0.4) is 0 Å². The molecule has 2 fully saturated rings. The molecular weight excluding hydrogens is 371 g/mol. The van der Waals surface area contributed by atoms with Gasteiger partial charge in [0.05, 0.1) is 0 Å². The molecule has 0 bridgehead atoms. The number of hydrogen-bond acceptors (Lipinski definition) is 2. The molecule has 116 valence electrons. The van der Waals surface area contributed by atoms with Crippen LogP contribution in [0.4, 0.5) is 0 Å². The van der Waals surface area contributed by atoms with Gasteiger partial charge in [0, 0.05) is 15.2 Å². The first-order valence-electron chi connectivity index (χ1n) is 8.46. The summed E-state index contributed by atoms with van der Waals surface area (Å²) >= 11 is 2.37. The molecule has 3 heteroatoms. The quantitative estimate of drug-likeness (QED) is 0.778. The van der Waals surface area contributed by atoms with Crippen LogP contribution < -0.4 is 5.73 Å². The summed E-state index contributed by atoms with van der Waals surface area (Å²) in [5, 5.41) is 0. The van der Waals surface area contributed by atoms with Crippen molar-refractivity contribution in [1.29, 1.82) is 0 Å². The predicted octanol–water partition coefficient (Wildman–Crippen LogP) is 3.96. The molecule has 1 aliphatic heterocycles. The molecule has 1 aromatic rings. The van der Waals surface area contributed by atoms with E-state index in [0.29, 0.717) is 0 Å². The van der Waals surface area contributed by atoms with Gasteiger partial charge in [-0.3, -0.25) is 4.90 Å². The number of likely N-dealkylation sites (tertiary alicyclic amines) is 1. The second-order valence-electron chi connectivity index (χ2n) is 6.80. The molecule has 2 aliphatic rings. The molecule has 1 aliphatic carbocycles. The molecular formula is C18H27IN2. The lowest BCUT2D eigenvalue weighted by molar-refractivity contribution is 0.0482. The maximum absolute atomic E-state index is 6.77. The summed E-state index contributed by atoms with van der Waals surface area (Å²) in [6.45, 7) is 2.53. The molecule has 1 heterocycles. The molecule has 1 unspecified atom stereocenters. The second-order valence-corrected chi connectivity index (χ2v) is 8.04. The molecule has 1 saturated heterocycles. The SMILES string of the molecule is NC(Cc1ccc(I)cc1)C1(N2CCCCC2)CCCC1. The summed E-state index contributed by atoms with van der Waals surface area (Å²) in [5.74, 6) is 0. The van der Waals surface area contributed by atoms with Crippen molar-refractivity contribution in [2.45, 2.75) is 62.9 Å². The van der Waals surface area contributed by atoms with Crippen molar-refractivity contribution in [2.24, 2.45) is 5.73 Å². The monoisotopic (exact) mass is 398 g/mol. The summed E-state index contributed by atoms with van der Waals surface area (Å²) in [6, 6.07) is 9.18. The molecule has 0 spiro atoms. The number of rotatable bonds is 4. The highest BCUT2D eigenvalue weighted by molar-refractivity contribution is 14.1. The van der Waals surface area contributed by atoms with Crippen LogP contribution in [0.15, 0.2) is 24.3 Å². The molecule has 2 N–H and O–H groups in total. The standard InChI is InChI=1S/C18H27IN2/c19-16-8-6-15(7-9-16)14-17(20)18(10-2-3-11-18)21-12-4-1-5-13-21/h6-9,17H,1-5,10-14,20H2. The van der Waals surface area contributed by atoms with E-state index < -0.39 is 0 Å². The number of hydrogen-bond donors (Lipinski definition) is 1. The number of benzene rings is 1. The van der Waals surface area contributed by atoms with Gasteiger partial charge in [0.1, 0.15) is 0 Å². The average molecular weight is 398 g/mol. The topological polar surface area (TPSA) is 29.3 Å². The van der Waals surface area contributed by atoms with Gasteiger partial charge in [-0.25, -0.2) is 0 Å². The Hall–Kier alpha value is -0.130. The van der Waals surface area contributed by atoms with Crippen LogP contribution in [-0.4, -0.2) is 29.6 Å². The Balaban J connectivity index is 1.74. The van der Waals surface area contributed by atoms with E-state index in [1.165, 1.54) is 67.2 Å². The maximum Gasteiger partial charge on any atom is 0.0363 e. The van der Waals surface area contributed by atoms with Crippen LogP contribution in [0, 0.1) is 3.57 Å². The lowest BCUT2D eigenvalue weighted by Crippen LogP contribution is -2.60. The van der Waals surface area contributed by atoms with Crippen molar-refractivity contribution in [2.75, 3.05) is 13.1 Å². The lowest BCUT2D eigenvalue weighted by Gasteiger charge is -2.47. The smallest absolute Gasteiger partial charge is 0.0363 e. The zero-order chi connectivity index (χ0) is 14.7. The third-order valence-corrected chi connectivity index (χ3v) is 6.23. The van der Waals surface area contributed by atoms with Gasteiger partial charge < -0.3 is 5.73 Å². The van der Waals surface area contributed by atoms with Gasteiger partial charge in [0.25, 0.3) is 0 Å². The molecule has 1 aromatic carbocycles. The molecule has 0 amide bonds. The van der Waals surface area contributed by atoms with Crippen molar-refractivity contribution >= 4 is 22.6 Å². The van der Waals surface area contributed by atoms with Crippen molar-refractivity contribution < 1.29 is 0 Å². The van der Waals surface area contributed by atoms with E-state index in [1.54, 1.807) is 0 Å². The van der Waals surface area contributed by atoms with Crippen molar-refractivity contribution in [3.05, 3.63) is 33.4 Å². The van der Waals surface area contributed by atoms with E-state index in [9.17, 15) is 0 Å². The summed E-state index contributed by atoms with van der Waals surface area (Å²) < 4.78 is 1.30. The average Bonchev–Trinajstić information content (AvgIpc) is 3.01. The van der Waals surface area contributed by atoms with Gasteiger partial charge in [-0.2, -0.15) is 0 Å². The minimum absolute atomic E-state index is 0.276. The minimum Gasteiger partial charge on any atom is -0.326 e. The predicted molar refractivity (Wildman–Crippen MR) is 97.5 cm³/mol. The highest BCUT2D eigenvalue weighted by Crippen LogP contribution is 2.39. The summed E-state index contributed by atoms with van der Waals surface area (Å²) in [7, 11) is 0. The highest BCUT2D eigenvalue weighted by atomic mass is 127. The maximum atomic E-state index is 6.77. The third kappa shape index (κ3) is 3.45. The molecule has 1 atom stereocenters. The molecule has 0 aromatic heterocycles. The first-order valence-corrected chi connectivity index (χ1v) is 9.54. The van der Waals surface area contributed by atoms with Gasteiger partial charge in [0.15, 0.2) is 0 Å². The molecule has 0 radical (unpaired) electrons. The Labute approximate surface area is 142 Å². The fourth-order valence-electron chi connectivity index (χ4n) is 4.31. The van der Waals surface area contributed by atoms with Gasteiger partial charge in [-0.05, 0) is 85.5 Å². The van der Waals surface area contributed by atoms with E-state index >= 15 is 0 Å². The number of nitrogens with two attached hydrogens (primary N) is 1. The van der Waals surface area contributed by atoms with Crippen LogP contribution in [0.5, 0.6) is 0 Å². The lowest BCUT2D eigenvalue weighted by atomic mass is 9.82. The van der Waals surface area contributed by atoms with E-state index in [-0.39, 0.29) is 11.6 Å². The molecule has 1 saturated carbocycles. The zero-order valence-electron chi connectivity index (χ0n) is 12.9. The number of piperidine rings is 1. The Bertz CT molecular complexity index is 445. The third-order valence-electron chi connectivity index (χ3n) is 5.51. The van der Waals surface area contributed by atoms with Gasteiger partial charge in [-0.15, -0.1) is 0 Å². The molecule has 3 rings (SSSR count). The Morgan fingerprint density at radius 2 is 1.62 bits per heavy atom. The molecule has 21 heavy (non-hydrogen) atoms. The van der Waals surface area contributed by atoms with Gasteiger partial charge in [-0.1, -0.05) is 31.4 Å². The second kappa shape index (κ2) is 6.97. The summed E-state index contributed by atoms with van der Waals surface area (Å²) in [4.78, 5) is 2.75. The van der Waals surface area contributed by atoms with Crippen molar-refractivity contribution in [3.63, 3.8) is 0 Å². The normalized spacial score (nSPS) is 24.1. The summed E-state index contributed by atoms with van der Waals surface area (Å²) in [6.07, 6.45) is 10.5. The minimum atomic E-state index is 0.276. The van der Waals surface area contributed by atoms with Crippen molar-refractivity contribution in [1.82, 2.24) is 4.90 Å². The van der Waals surface area contributed by atoms with E-state index in [2.05, 4.69) is 51.8 Å². The molecule has 2 nitrogen and oxygen atoms in total. The van der Waals surface area contributed by atoms with Gasteiger partial charge in [0.2, 0.25) is 0 Å². The Kier molecular flexibility index (Phi) is 5.23. The highest BCUT2D eigenvalue weighted by Gasteiger charge is 2.44. The Morgan fingerprint density at radius 3 is 2.24 bits per heavy atom. The summed E-state index contributed by atoms with van der Waals surface area (Å²) in [5.41, 5.74) is 8.45. The van der Waals surface area contributed by atoms with E-state index in [0.717, 1.165) is 6.42 Å². The largest absolute Gasteiger partial charge is 0.326 e. The fourth-order valence-corrected chi connectivity index (χ4v) is 4.67. The van der Waals surface area contributed by atoms with Crippen LogP contribution in [0.25, 0.3) is 0 Å². The van der Waals surface area contributed by atoms with Crippen LogP contribution in [0.2, 0.25) is 0 Å². The number of halogens is 1. The van der Waals surface area contributed by atoms with Crippen molar-refractivity contribution in [3.8, 4) is 0 Å².